The van der Waals surface area contributed by atoms with Crippen molar-refractivity contribution in [3.05, 3.63) is 35.9 Å². The van der Waals surface area contributed by atoms with Crippen LogP contribution in [0.15, 0.2) is 30.3 Å². The Morgan fingerprint density at radius 1 is 1.22 bits per heavy atom. The number of aliphatic hydroxyl groups excluding tert-OH is 1. The second-order valence-electron chi connectivity index (χ2n) is 5.48. The van der Waals surface area contributed by atoms with Gasteiger partial charge in [-0.25, -0.2) is 0 Å². The van der Waals surface area contributed by atoms with Crippen LogP contribution in [0.1, 0.15) is 12.0 Å². The van der Waals surface area contributed by atoms with Gasteiger partial charge in [0.05, 0.1) is 6.10 Å². The molecule has 18 heavy (non-hydrogen) atoms. The van der Waals surface area contributed by atoms with E-state index in [0.717, 1.165) is 32.5 Å². The smallest absolute Gasteiger partial charge is 0.0595 e. The Balaban J connectivity index is 1.85. The summed E-state index contributed by atoms with van der Waals surface area (Å²) in [6, 6.07) is 10.7. The molecule has 1 aliphatic rings. The van der Waals surface area contributed by atoms with Crippen molar-refractivity contribution < 1.29 is 5.11 Å². The summed E-state index contributed by atoms with van der Waals surface area (Å²) in [6.07, 6.45) is 1.37. The highest BCUT2D eigenvalue weighted by Gasteiger charge is 2.24. The molecule has 1 aromatic rings. The summed E-state index contributed by atoms with van der Waals surface area (Å²) in [6.45, 7) is 3.28. The lowest BCUT2D eigenvalue weighted by molar-refractivity contribution is 0.0639. The largest absolute Gasteiger partial charge is 0.393 e. The maximum Gasteiger partial charge on any atom is 0.0595 e. The molecule has 1 aromatic carbocycles. The minimum absolute atomic E-state index is 0.244. The number of hydrogen-bond acceptors (Lipinski definition) is 3. The maximum atomic E-state index is 10.2. The van der Waals surface area contributed by atoms with Crippen molar-refractivity contribution in [3.8, 4) is 0 Å². The van der Waals surface area contributed by atoms with E-state index in [-0.39, 0.29) is 6.10 Å². The lowest BCUT2D eigenvalue weighted by atomic mass is 10.00. The van der Waals surface area contributed by atoms with E-state index in [2.05, 4.69) is 36.0 Å². The number of hydrogen-bond donors (Lipinski definition) is 1. The number of piperazine rings is 1. The van der Waals surface area contributed by atoms with E-state index >= 15 is 0 Å². The maximum absolute atomic E-state index is 10.2. The van der Waals surface area contributed by atoms with Crippen LogP contribution in [0, 0.1) is 0 Å². The van der Waals surface area contributed by atoms with Gasteiger partial charge in [-0.3, -0.25) is 0 Å². The van der Waals surface area contributed by atoms with E-state index < -0.39 is 0 Å². The van der Waals surface area contributed by atoms with Crippen LogP contribution in [0.3, 0.4) is 0 Å². The molecule has 1 saturated heterocycles. The third-order valence-electron chi connectivity index (χ3n) is 3.84. The van der Waals surface area contributed by atoms with Gasteiger partial charge < -0.3 is 14.9 Å². The topological polar surface area (TPSA) is 26.7 Å². The molecule has 1 heterocycles. The Morgan fingerprint density at radius 3 is 2.67 bits per heavy atom. The van der Waals surface area contributed by atoms with Crippen molar-refractivity contribution in [2.45, 2.75) is 25.0 Å². The molecule has 0 aliphatic carbocycles. The average molecular weight is 248 g/mol. The quantitative estimate of drug-likeness (QED) is 0.868. The van der Waals surface area contributed by atoms with Crippen LogP contribution in [0.4, 0.5) is 0 Å². The molecule has 2 rings (SSSR count). The van der Waals surface area contributed by atoms with Crippen molar-refractivity contribution in [3.63, 3.8) is 0 Å². The zero-order chi connectivity index (χ0) is 13.0. The molecule has 0 spiro atoms. The molecule has 0 saturated carbocycles. The third-order valence-corrected chi connectivity index (χ3v) is 3.84. The standard InChI is InChI=1S/C15H24N2O/c1-16-8-9-17(2)14(12-16)11-15(18)10-13-6-4-3-5-7-13/h3-7,14-15,18H,8-12H2,1-2H3. The average Bonchev–Trinajstić information content (AvgIpc) is 2.35. The molecule has 0 radical (unpaired) electrons. The van der Waals surface area contributed by atoms with E-state index in [1.54, 1.807) is 0 Å². The van der Waals surface area contributed by atoms with Crippen LogP contribution < -0.4 is 0 Å². The minimum Gasteiger partial charge on any atom is -0.393 e. The Hall–Kier alpha value is -0.900. The van der Waals surface area contributed by atoms with Gasteiger partial charge >= 0.3 is 0 Å². The molecule has 2 atom stereocenters. The van der Waals surface area contributed by atoms with E-state index in [1.165, 1.54) is 5.56 Å². The van der Waals surface area contributed by atoms with E-state index in [4.69, 9.17) is 0 Å². The molecule has 100 valence electrons. The van der Waals surface area contributed by atoms with Gasteiger partial charge in [0.15, 0.2) is 0 Å². The van der Waals surface area contributed by atoms with Crippen molar-refractivity contribution in [2.75, 3.05) is 33.7 Å². The van der Waals surface area contributed by atoms with E-state index in [0.29, 0.717) is 6.04 Å². The van der Waals surface area contributed by atoms with Gasteiger partial charge in [-0.2, -0.15) is 0 Å². The van der Waals surface area contributed by atoms with Gasteiger partial charge in [0.1, 0.15) is 0 Å². The van der Waals surface area contributed by atoms with Gasteiger partial charge in [0.25, 0.3) is 0 Å². The summed E-state index contributed by atoms with van der Waals surface area (Å²) in [5.74, 6) is 0. The molecule has 1 fully saturated rings. The molecule has 0 aromatic heterocycles. The number of benzene rings is 1. The molecule has 3 nitrogen and oxygen atoms in total. The molecule has 3 heteroatoms. The van der Waals surface area contributed by atoms with Crippen molar-refractivity contribution in [1.29, 1.82) is 0 Å². The molecule has 0 amide bonds. The summed E-state index contributed by atoms with van der Waals surface area (Å²) < 4.78 is 0. The summed E-state index contributed by atoms with van der Waals surface area (Å²) >= 11 is 0. The van der Waals surface area contributed by atoms with Crippen molar-refractivity contribution in [1.82, 2.24) is 9.80 Å². The van der Waals surface area contributed by atoms with E-state index in [9.17, 15) is 5.11 Å². The molecule has 1 N–H and O–H groups in total. The fourth-order valence-corrected chi connectivity index (χ4v) is 2.64. The van der Waals surface area contributed by atoms with Crippen LogP contribution in [0.5, 0.6) is 0 Å². The van der Waals surface area contributed by atoms with Crippen LogP contribution in [0.2, 0.25) is 0 Å². The fraction of sp³-hybridized carbons (Fsp3) is 0.600. The van der Waals surface area contributed by atoms with Crippen molar-refractivity contribution in [2.24, 2.45) is 0 Å². The number of likely N-dealkylation sites (N-methyl/N-ethyl adjacent to an activating group) is 2. The first-order valence-electron chi connectivity index (χ1n) is 6.76. The van der Waals surface area contributed by atoms with Gasteiger partial charge in [-0.15, -0.1) is 0 Å². The summed E-state index contributed by atoms with van der Waals surface area (Å²) in [7, 11) is 4.32. The second kappa shape index (κ2) is 6.32. The fourth-order valence-electron chi connectivity index (χ4n) is 2.64. The van der Waals surface area contributed by atoms with Gasteiger partial charge in [-0.05, 0) is 32.5 Å². The van der Waals surface area contributed by atoms with Crippen LogP contribution in [-0.2, 0) is 6.42 Å². The third kappa shape index (κ3) is 3.80. The minimum atomic E-state index is -0.244. The van der Waals surface area contributed by atoms with Gasteiger partial charge in [-0.1, -0.05) is 30.3 Å². The number of rotatable bonds is 4. The van der Waals surface area contributed by atoms with Gasteiger partial charge in [0, 0.05) is 25.7 Å². The highest BCUT2D eigenvalue weighted by molar-refractivity contribution is 5.15. The Morgan fingerprint density at radius 2 is 1.94 bits per heavy atom. The lowest BCUT2D eigenvalue weighted by Gasteiger charge is -2.38. The Kier molecular flexibility index (Phi) is 4.75. The second-order valence-corrected chi connectivity index (χ2v) is 5.48. The SMILES string of the molecule is CN1CCN(C)C(CC(O)Cc2ccccc2)C1. The predicted octanol–water partition coefficient (Wildman–Crippen LogP) is 1.23. The summed E-state index contributed by atoms with van der Waals surface area (Å²) in [4.78, 5) is 4.72. The zero-order valence-corrected chi connectivity index (χ0v) is 11.4. The summed E-state index contributed by atoms with van der Waals surface area (Å²) in [5, 5.41) is 10.2. The van der Waals surface area contributed by atoms with Gasteiger partial charge in [0.2, 0.25) is 0 Å². The van der Waals surface area contributed by atoms with Crippen molar-refractivity contribution >= 4 is 0 Å². The highest BCUT2D eigenvalue weighted by Crippen LogP contribution is 2.14. The lowest BCUT2D eigenvalue weighted by Crippen LogP contribution is -2.51. The first-order chi connectivity index (χ1) is 8.65. The molecule has 0 bridgehead atoms. The van der Waals surface area contributed by atoms with Crippen LogP contribution in [0.25, 0.3) is 0 Å². The number of nitrogens with zero attached hydrogens (tertiary/aromatic N) is 2. The highest BCUT2D eigenvalue weighted by atomic mass is 16.3. The summed E-state index contributed by atoms with van der Waals surface area (Å²) in [5.41, 5.74) is 1.22. The number of aliphatic hydroxyl groups is 1. The molecule has 2 unspecified atom stereocenters. The zero-order valence-electron chi connectivity index (χ0n) is 11.4. The van der Waals surface area contributed by atoms with Crippen LogP contribution >= 0.6 is 0 Å². The monoisotopic (exact) mass is 248 g/mol. The molecular weight excluding hydrogens is 224 g/mol. The molecular formula is C15H24N2O. The van der Waals surface area contributed by atoms with E-state index in [1.807, 2.05) is 18.2 Å². The normalized spacial score (nSPS) is 24.1. The first-order valence-corrected chi connectivity index (χ1v) is 6.76. The molecule has 1 aliphatic heterocycles. The Bertz CT molecular complexity index is 355. The Labute approximate surface area is 110 Å². The first kappa shape index (κ1) is 13.5. The predicted molar refractivity (Wildman–Crippen MR) is 74.7 cm³/mol. The van der Waals surface area contributed by atoms with Crippen LogP contribution in [-0.4, -0.2) is 60.8 Å².